The first-order chi connectivity index (χ1) is 11.3. The molecule has 0 atom stereocenters. The van der Waals surface area contributed by atoms with E-state index in [0.717, 1.165) is 12.8 Å². The summed E-state index contributed by atoms with van der Waals surface area (Å²) in [4.78, 5) is 0. The van der Waals surface area contributed by atoms with Crippen LogP contribution in [0.25, 0.3) is 29.0 Å². The number of hydrogen-bond donors (Lipinski definition) is 0. The van der Waals surface area contributed by atoms with Crippen LogP contribution in [0.3, 0.4) is 0 Å². The van der Waals surface area contributed by atoms with Gasteiger partial charge in [-0.25, -0.2) is 0 Å². The Morgan fingerprint density at radius 1 is 0.870 bits per heavy atom. The first-order valence-corrected chi connectivity index (χ1v) is 8.26. The highest BCUT2D eigenvalue weighted by molar-refractivity contribution is 5.87. The van der Waals surface area contributed by atoms with Crippen molar-refractivity contribution in [2.75, 3.05) is 0 Å². The molecule has 4 rings (SSSR count). The number of hydrogen-bond acceptors (Lipinski definition) is 0. The summed E-state index contributed by atoms with van der Waals surface area (Å²) >= 11 is 0. The van der Waals surface area contributed by atoms with Gasteiger partial charge in [-0.3, -0.25) is 0 Å². The van der Waals surface area contributed by atoms with E-state index < -0.39 is 0 Å². The highest BCUT2D eigenvalue weighted by atomic mass is 14.1. The molecule has 0 bridgehead atoms. The minimum Gasteiger partial charge on any atom is -0.0836 e. The Kier molecular flexibility index (Phi) is 3.59. The van der Waals surface area contributed by atoms with Crippen molar-refractivity contribution < 1.29 is 0 Å². The average Bonchev–Trinajstić information content (AvgIpc) is 2.60. The Hall–Kier alpha value is -2.60. The topological polar surface area (TPSA) is 0 Å². The molecule has 0 fully saturated rings. The molecule has 1 aliphatic rings. The maximum Gasteiger partial charge on any atom is -0.0155 e. The Labute approximate surface area is 137 Å². The van der Waals surface area contributed by atoms with Gasteiger partial charge in [0.15, 0.2) is 0 Å². The van der Waals surface area contributed by atoms with Gasteiger partial charge in [-0.15, -0.1) is 0 Å². The van der Waals surface area contributed by atoms with E-state index in [0.29, 0.717) is 0 Å². The molecular formula is C23H20. The zero-order valence-electron chi connectivity index (χ0n) is 13.4. The summed E-state index contributed by atoms with van der Waals surface area (Å²) in [5, 5.41) is 2.61. The quantitative estimate of drug-likeness (QED) is 0.488. The van der Waals surface area contributed by atoms with E-state index >= 15 is 0 Å². The molecule has 0 heterocycles. The van der Waals surface area contributed by atoms with E-state index in [9.17, 15) is 0 Å². The van der Waals surface area contributed by atoms with Crippen molar-refractivity contribution in [1.29, 1.82) is 0 Å². The number of benzene rings is 3. The molecule has 0 aromatic heterocycles. The molecule has 0 aliphatic heterocycles. The average molecular weight is 296 g/mol. The van der Waals surface area contributed by atoms with Gasteiger partial charge in [-0.1, -0.05) is 78.4 Å². The van der Waals surface area contributed by atoms with Gasteiger partial charge in [-0.2, -0.15) is 0 Å². The Morgan fingerprint density at radius 2 is 1.74 bits per heavy atom. The number of rotatable bonds is 2. The first kappa shape index (κ1) is 14.0. The molecule has 0 saturated carbocycles. The van der Waals surface area contributed by atoms with E-state index in [2.05, 4.69) is 85.8 Å². The molecule has 0 spiro atoms. The normalized spacial score (nSPS) is 13.6. The largest absolute Gasteiger partial charge is 0.0836 e. The van der Waals surface area contributed by atoms with E-state index in [4.69, 9.17) is 0 Å². The lowest BCUT2D eigenvalue weighted by atomic mass is 9.93. The Bertz CT molecular complexity index is 926. The molecule has 0 unspecified atom stereocenters. The highest BCUT2D eigenvalue weighted by Crippen LogP contribution is 2.25. The maximum absolute atomic E-state index is 2.28. The number of allylic oxidation sites excluding steroid dienone is 1. The number of fused-ring (bicyclic) bond motifs is 2. The van der Waals surface area contributed by atoms with Crippen LogP contribution in [-0.2, 0) is 6.42 Å². The van der Waals surface area contributed by atoms with Crippen molar-refractivity contribution in [2.45, 2.75) is 19.8 Å². The third-order valence-electron chi connectivity index (χ3n) is 4.57. The number of aryl methyl sites for hydroxylation is 2. The van der Waals surface area contributed by atoms with Crippen molar-refractivity contribution >= 4 is 29.0 Å². The Morgan fingerprint density at radius 3 is 2.70 bits per heavy atom. The molecule has 0 radical (unpaired) electrons. The fourth-order valence-electron chi connectivity index (χ4n) is 3.31. The molecule has 1 aliphatic carbocycles. The van der Waals surface area contributed by atoms with Crippen LogP contribution in [0.4, 0.5) is 0 Å². The zero-order chi connectivity index (χ0) is 15.6. The Balaban J connectivity index is 1.70. The lowest BCUT2D eigenvalue weighted by Gasteiger charge is -2.12. The highest BCUT2D eigenvalue weighted by Gasteiger charge is 2.06. The minimum atomic E-state index is 1.16. The van der Waals surface area contributed by atoms with Crippen LogP contribution in [0.15, 0.2) is 60.7 Å². The van der Waals surface area contributed by atoms with E-state index in [1.54, 1.807) is 0 Å². The van der Waals surface area contributed by atoms with Gasteiger partial charge in [0.05, 0.1) is 0 Å². The van der Waals surface area contributed by atoms with Crippen LogP contribution in [0.5, 0.6) is 0 Å². The van der Waals surface area contributed by atoms with Gasteiger partial charge < -0.3 is 0 Å². The van der Waals surface area contributed by atoms with E-state index in [1.165, 1.54) is 38.6 Å². The summed E-state index contributed by atoms with van der Waals surface area (Å²) in [6.45, 7) is 2.14. The lowest BCUT2D eigenvalue weighted by molar-refractivity contribution is 0.985. The summed E-state index contributed by atoms with van der Waals surface area (Å²) < 4.78 is 0. The predicted octanol–water partition coefficient (Wildman–Crippen LogP) is 6.28. The predicted molar refractivity (Wildman–Crippen MR) is 101 cm³/mol. The van der Waals surface area contributed by atoms with Gasteiger partial charge >= 0.3 is 0 Å². The third kappa shape index (κ3) is 2.85. The third-order valence-corrected chi connectivity index (χ3v) is 4.57. The fourth-order valence-corrected chi connectivity index (χ4v) is 3.31. The molecule has 0 amide bonds. The molecule has 0 N–H and O–H groups in total. The van der Waals surface area contributed by atoms with Crippen molar-refractivity contribution in [1.82, 2.24) is 0 Å². The second-order valence-corrected chi connectivity index (χ2v) is 6.30. The van der Waals surface area contributed by atoms with Crippen molar-refractivity contribution in [3.8, 4) is 0 Å². The molecule has 3 aromatic carbocycles. The maximum atomic E-state index is 2.28. The fraction of sp³-hybridized carbons (Fsp3) is 0.130. The summed E-state index contributed by atoms with van der Waals surface area (Å²) in [5.41, 5.74) is 6.71. The van der Waals surface area contributed by atoms with Crippen molar-refractivity contribution in [3.63, 3.8) is 0 Å². The van der Waals surface area contributed by atoms with Gasteiger partial charge in [0.1, 0.15) is 0 Å². The molecule has 0 saturated heterocycles. The van der Waals surface area contributed by atoms with E-state index in [-0.39, 0.29) is 0 Å². The molecule has 112 valence electrons. The van der Waals surface area contributed by atoms with Crippen LogP contribution in [0.2, 0.25) is 0 Å². The second kappa shape index (κ2) is 5.89. The van der Waals surface area contributed by atoms with Crippen LogP contribution in [0.1, 0.15) is 34.2 Å². The lowest BCUT2D eigenvalue weighted by Crippen LogP contribution is -1.95. The van der Waals surface area contributed by atoms with Gasteiger partial charge in [0.25, 0.3) is 0 Å². The van der Waals surface area contributed by atoms with Crippen LogP contribution < -0.4 is 0 Å². The van der Waals surface area contributed by atoms with Crippen LogP contribution in [-0.4, -0.2) is 0 Å². The summed E-state index contributed by atoms with van der Waals surface area (Å²) in [6, 6.07) is 19.9. The summed E-state index contributed by atoms with van der Waals surface area (Å²) in [6.07, 6.45) is 11.3. The molecule has 3 aromatic rings. The zero-order valence-corrected chi connectivity index (χ0v) is 13.4. The van der Waals surface area contributed by atoms with Gasteiger partial charge in [-0.05, 0) is 58.9 Å². The summed E-state index contributed by atoms with van der Waals surface area (Å²) in [5.74, 6) is 0. The molecule has 0 heteroatoms. The van der Waals surface area contributed by atoms with Crippen LogP contribution in [0, 0.1) is 6.92 Å². The van der Waals surface area contributed by atoms with E-state index in [1.807, 2.05) is 0 Å². The van der Waals surface area contributed by atoms with Crippen molar-refractivity contribution in [3.05, 3.63) is 88.5 Å². The monoisotopic (exact) mass is 296 g/mol. The van der Waals surface area contributed by atoms with Crippen LogP contribution >= 0.6 is 0 Å². The second-order valence-electron chi connectivity index (χ2n) is 6.30. The van der Waals surface area contributed by atoms with Gasteiger partial charge in [0, 0.05) is 0 Å². The molecule has 23 heavy (non-hydrogen) atoms. The molecule has 0 nitrogen and oxygen atoms in total. The SMILES string of the molecule is Cc1ccc2cc(/C=C/c3cccc4c3C=CCC4)ccc2c1. The van der Waals surface area contributed by atoms with Gasteiger partial charge in [0.2, 0.25) is 0 Å². The molecular weight excluding hydrogens is 276 g/mol. The summed E-state index contributed by atoms with van der Waals surface area (Å²) in [7, 11) is 0. The van der Waals surface area contributed by atoms with Crippen molar-refractivity contribution in [2.24, 2.45) is 0 Å². The minimum absolute atomic E-state index is 1.16. The smallest absolute Gasteiger partial charge is 0.0155 e. The first-order valence-electron chi connectivity index (χ1n) is 8.26. The standard InChI is InChI=1S/C23H20/c1-17-9-12-22-16-18(11-14-21(22)15-17)10-13-20-7-4-6-19-5-2-3-8-23(19)20/h3-4,6-16H,2,5H2,1H3/b13-10+.